The topological polar surface area (TPSA) is 50.8 Å². The van der Waals surface area contributed by atoms with Gasteiger partial charge in [-0.05, 0) is 48.7 Å². The van der Waals surface area contributed by atoms with Crippen molar-refractivity contribution in [3.8, 4) is 11.5 Å². The molecule has 1 aliphatic heterocycles. The van der Waals surface area contributed by atoms with E-state index in [2.05, 4.69) is 23.3 Å². The van der Waals surface area contributed by atoms with Gasteiger partial charge in [0.15, 0.2) is 18.1 Å². The van der Waals surface area contributed by atoms with Gasteiger partial charge in [0.25, 0.3) is 5.91 Å². The van der Waals surface area contributed by atoms with Gasteiger partial charge in [-0.25, -0.2) is 0 Å². The summed E-state index contributed by atoms with van der Waals surface area (Å²) in [6, 6.07) is 13.3. The second-order valence-electron chi connectivity index (χ2n) is 5.86. The van der Waals surface area contributed by atoms with Crippen LogP contribution in [0.3, 0.4) is 0 Å². The number of fused-ring (bicyclic) bond motifs is 1. The van der Waals surface area contributed by atoms with Crippen LogP contribution in [0.4, 0.5) is 11.4 Å². The maximum Gasteiger partial charge on any atom is 0.262 e. The van der Waals surface area contributed by atoms with Crippen LogP contribution in [0.1, 0.15) is 12.0 Å². The second kappa shape index (κ2) is 7.25. The van der Waals surface area contributed by atoms with Crippen LogP contribution in [0, 0.1) is 0 Å². The van der Waals surface area contributed by atoms with Gasteiger partial charge >= 0.3 is 0 Å². The maximum atomic E-state index is 12.1. The molecule has 0 radical (unpaired) electrons. The fourth-order valence-electron chi connectivity index (χ4n) is 2.94. The third kappa shape index (κ3) is 3.62. The van der Waals surface area contributed by atoms with Crippen LogP contribution in [0.5, 0.6) is 11.5 Å². The number of amides is 1. The lowest BCUT2D eigenvalue weighted by Crippen LogP contribution is -2.25. The predicted molar refractivity (Wildman–Crippen MR) is 95.2 cm³/mol. The number of hydrogen-bond acceptors (Lipinski definition) is 4. The molecule has 1 aliphatic rings. The van der Waals surface area contributed by atoms with Crippen LogP contribution in [0.2, 0.25) is 0 Å². The molecule has 2 aromatic rings. The zero-order valence-corrected chi connectivity index (χ0v) is 14.0. The molecule has 1 heterocycles. The number of nitrogens with zero attached hydrogens (tertiary/aromatic N) is 1. The minimum atomic E-state index is -0.190. The van der Waals surface area contributed by atoms with E-state index in [0.29, 0.717) is 11.5 Å². The third-order valence-corrected chi connectivity index (χ3v) is 4.14. The number of para-hydroxylation sites is 2. The number of methoxy groups -OCH3 is 1. The molecule has 1 amide bonds. The zero-order chi connectivity index (χ0) is 16.9. The number of aryl methyl sites for hydroxylation is 1. The molecule has 2 aromatic carbocycles. The van der Waals surface area contributed by atoms with Crippen LogP contribution in [0.25, 0.3) is 0 Å². The summed E-state index contributed by atoms with van der Waals surface area (Å²) >= 11 is 0. The molecule has 0 bridgehead atoms. The van der Waals surface area contributed by atoms with Gasteiger partial charge in [0.2, 0.25) is 0 Å². The summed E-state index contributed by atoms with van der Waals surface area (Å²) in [5.41, 5.74) is 3.31. The molecule has 0 atom stereocenters. The molecule has 5 nitrogen and oxygen atoms in total. The van der Waals surface area contributed by atoms with Gasteiger partial charge in [-0.3, -0.25) is 4.79 Å². The van der Waals surface area contributed by atoms with E-state index in [1.54, 1.807) is 19.2 Å². The molecule has 0 spiro atoms. The zero-order valence-electron chi connectivity index (χ0n) is 14.0. The van der Waals surface area contributed by atoms with Gasteiger partial charge in [0.05, 0.1) is 7.11 Å². The number of anilines is 2. The SMILES string of the molecule is COc1ccccc1OCC(=O)Nc1ccc2c(c1)CCCN2C. The Morgan fingerprint density at radius 1 is 1.21 bits per heavy atom. The lowest BCUT2D eigenvalue weighted by atomic mass is 10.0. The van der Waals surface area contributed by atoms with E-state index in [0.717, 1.165) is 25.1 Å². The number of benzene rings is 2. The summed E-state index contributed by atoms with van der Waals surface area (Å²) in [6.07, 6.45) is 2.18. The van der Waals surface area contributed by atoms with E-state index < -0.39 is 0 Å². The van der Waals surface area contributed by atoms with Crippen molar-refractivity contribution in [2.75, 3.05) is 37.5 Å². The lowest BCUT2D eigenvalue weighted by Gasteiger charge is -2.27. The molecule has 0 unspecified atom stereocenters. The highest BCUT2D eigenvalue weighted by Gasteiger charge is 2.14. The molecule has 24 heavy (non-hydrogen) atoms. The molecule has 1 N–H and O–H groups in total. The summed E-state index contributed by atoms with van der Waals surface area (Å²) in [5.74, 6) is 0.981. The fourth-order valence-corrected chi connectivity index (χ4v) is 2.94. The van der Waals surface area contributed by atoms with E-state index in [9.17, 15) is 4.79 Å². The number of ether oxygens (including phenoxy) is 2. The van der Waals surface area contributed by atoms with Crippen LogP contribution in [-0.2, 0) is 11.2 Å². The Morgan fingerprint density at radius 2 is 2.00 bits per heavy atom. The molecule has 0 saturated heterocycles. The van der Waals surface area contributed by atoms with E-state index >= 15 is 0 Å². The Labute approximate surface area is 142 Å². The minimum absolute atomic E-state index is 0.0582. The van der Waals surface area contributed by atoms with Crippen molar-refractivity contribution in [1.29, 1.82) is 0 Å². The van der Waals surface area contributed by atoms with Crippen LogP contribution in [-0.4, -0.2) is 33.2 Å². The minimum Gasteiger partial charge on any atom is -0.493 e. The first-order chi connectivity index (χ1) is 11.7. The molecule has 0 fully saturated rings. The van der Waals surface area contributed by atoms with Crippen molar-refractivity contribution in [2.24, 2.45) is 0 Å². The number of carbonyl (C=O) groups excluding carboxylic acids is 1. The Morgan fingerprint density at radius 3 is 2.79 bits per heavy atom. The first-order valence-corrected chi connectivity index (χ1v) is 8.07. The summed E-state index contributed by atoms with van der Waals surface area (Å²) < 4.78 is 10.8. The van der Waals surface area contributed by atoms with E-state index in [1.807, 2.05) is 24.3 Å². The van der Waals surface area contributed by atoms with Gasteiger partial charge in [0, 0.05) is 25.0 Å². The Bertz CT molecular complexity index is 730. The number of hydrogen-bond donors (Lipinski definition) is 1. The molecule has 3 rings (SSSR count). The van der Waals surface area contributed by atoms with Crippen LogP contribution >= 0.6 is 0 Å². The van der Waals surface area contributed by atoms with Crippen molar-refractivity contribution in [3.05, 3.63) is 48.0 Å². The van der Waals surface area contributed by atoms with Crippen molar-refractivity contribution in [2.45, 2.75) is 12.8 Å². The lowest BCUT2D eigenvalue weighted by molar-refractivity contribution is -0.118. The largest absolute Gasteiger partial charge is 0.493 e. The van der Waals surface area contributed by atoms with Crippen molar-refractivity contribution < 1.29 is 14.3 Å². The Hall–Kier alpha value is -2.69. The normalized spacial score (nSPS) is 13.2. The number of carbonyl (C=O) groups is 1. The molecule has 126 valence electrons. The highest BCUT2D eigenvalue weighted by molar-refractivity contribution is 5.92. The van der Waals surface area contributed by atoms with E-state index in [-0.39, 0.29) is 12.5 Å². The number of nitrogens with one attached hydrogen (secondary N) is 1. The summed E-state index contributed by atoms with van der Waals surface area (Å²) in [7, 11) is 3.67. The van der Waals surface area contributed by atoms with Gasteiger partial charge < -0.3 is 19.7 Å². The molecular formula is C19H22N2O3. The summed E-state index contributed by atoms with van der Waals surface area (Å²) in [6.45, 7) is 1.02. The van der Waals surface area contributed by atoms with E-state index in [4.69, 9.17) is 9.47 Å². The van der Waals surface area contributed by atoms with Gasteiger partial charge in [-0.1, -0.05) is 12.1 Å². The smallest absolute Gasteiger partial charge is 0.262 e. The maximum absolute atomic E-state index is 12.1. The standard InChI is InChI=1S/C19H22N2O3/c1-21-11-5-6-14-12-15(9-10-16(14)21)20-19(22)13-24-18-8-4-3-7-17(18)23-2/h3-4,7-10,12H,5-6,11,13H2,1-2H3,(H,20,22). The van der Waals surface area contributed by atoms with Crippen LogP contribution < -0.4 is 19.7 Å². The highest BCUT2D eigenvalue weighted by Crippen LogP contribution is 2.29. The van der Waals surface area contributed by atoms with Crippen LogP contribution in [0.15, 0.2) is 42.5 Å². The number of rotatable bonds is 5. The Kier molecular flexibility index (Phi) is 4.89. The first-order valence-electron chi connectivity index (χ1n) is 8.07. The monoisotopic (exact) mass is 326 g/mol. The molecular weight excluding hydrogens is 304 g/mol. The second-order valence-corrected chi connectivity index (χ2v) is 5.86. The fraction of sp³-hybridized carbons (Fsp3) is 0.316. The molecule has 0 aromatic heterocycles. The summed E-state index contributed by atoms with van der Waals surface area (Å²) in [4.78, 5) is 14.4. The molecule has 0 saturated carbocycles. The van der Waals surface area contributed by atoms with E-state index in [1.165, 1.54) is 11.3 Å². The predicted octanol–water partition coefficient (Wildman–Crippen LogP) is 3.10. The average Bonchev–Trinajstić information content (AvgIpc) is 2.60. The van der Waals surface area contributed by atoms with Gasteiger partial charge in [-0.2, -0.15) is 0 Å². The van der Waals surface area contributed by atoms with Crippen molar-refractivity contribution in [1.82, 2.24) is 0 Å². The van der Waals surface area contributed by atoms with Gasteiger partial charge in [0.1, 0.15) is 0 Å². The third-order valence-electron chi connectivity index (χ3n) is 4.14. The average molecular weight is 326 g/mol. The quantitative estimate of drug-likeness (QED) is 0.917. The molecule has 5 heteroatoms. The van der Waals surface area contributed by atoms with Gasteiger partial charge in [-0.15, -0.1) is 0 Å². The van der Waals surface area contributed by atoms with Crippen molar-refractivity contribution in [3.63, 3.8) is 0 Å². The molecule has 0 aliphatic carbocycles. The first kappa shape index (κ1) is 16.2. The van der Waals surface area contributed by atoms with Crippen molar-refractivity contribution >= 4 is 17.3 Å². The summed E-state index contributed by atoms with van der Waals surface area (Å²) in [5, 5.41) is 2.89. The Balaban J connectivity index is 1.61. The highest BCUT2D eigenvalue weighted by atomic mass is 16.5.